The van der Waals surface area contributed by atoms with Crippen molar-refractivity contribution in [1.82, 2.24) is 4.57 Å². The number of hydrogen-bond acceptors (Lipinski definition) is 3. The number of carbonyl (C=O) groups is 1. The molecule has 0 amide bonds. The maximum Gasteiger partial charge on any atom is 0.262 e. The van der Waals surface area contributed by atoms with Gasteiger partial charge in [-0.1, -0.05) is 74.7 Å². The molecule has 0 saturated heterocycles. The van der Waals surface area contributed by atoms with Gasteiger partial charge in [0.05, 0.1) is 11.0 Å². The predicted octanol–water partition coefficient (Wildman–Crippen LogP) is 10.1. The molecular formula is C33H29NOS2. The number of aryl methyl sites for hydroxylation is 1. The van der Waals surface area contributed by atoms with Gasteiger partial charge >= 0.3 is 0 Å². The number of fused-ring (bicyclic) bond motifs is 3. The number of hydrogen-bond donors (Lipinski definition) is 0. The maximum atomic E-state index is 13.9. The third-order valence-corrected chi connectivity index (χ3v) is 9.25. The highest BCUT2D eigenvalue weighted by atomic mass is 32.1. The molecule has 0 spiro atoms. The molecule has 184 valence electrons. The summed E-state index contributed by atoms with van der Waals surface area (Å²) in [5.74, 6) is 0.0198. The lowest BCUT2D eigenvalue weighted by Crippen LogP contribution is -2.11. The lowest BCUT2D eigenvalue weighted by atomic mass is 10.0. The van der Waals surface area contributed by atoms with Gasteiger partial charge in [-0.3, -0.25) is 9.36 Å². The lowest BCUT2D eigenvalue weighted by Gasteiger charge is -2.08. The molecule has 3 heterocycles. The van der Waals surface area contributed by atoms with Crippen LogP contribution >= 0.6 is 22.7 Å². The van der Waals surface area contributed by atoms with E-state index >= 15 is 0 Å². The maximum absolute atomic E-state index is 13.9. The average molecular weight is 520 g/mol. The van der Waals surface area contributed by atoms with E-state index < -0.39 is 0 Å². The fraction of sp³-hybridized carbons (Fsp3) is 0.182. The zero-order valence-electron chi connectivity index (χ0n) is 20.9. The lowest BCUT2D eigenvalue weighted by molar-refractivity contribution is 0.0969. The zero-order valence-corrected chi connectivity index (χ0v) is 22.6. The van der Waals surface area contributed by atoms with Gasteiger partial charge < -0.3 is 0 Å². The van der Waals surface area contributed by atoms with Gasteiger partial charge in [0.2, 0.25) is 0 Å². The van der Waals surface area contributed by atoms with Crippen molar-refractivity contribution in [2.75, 3.05) is 0 Å². The molecular weight excluding hydrogens is 491 g/mol. The highest BCUT2D eigenvalue weighted by Gasteiger charge is 2.18. The number of aromatic nitrogens is 1. The zero-order chi connectivity index (χ0) is 25.2. The number of benzene rings is 3. The van der Waals surface area contributed by atoms with Crippen LogP contribution in [0.3, 0.4) is 0 Å². The van der Waals surface area contributed by atoms with Gasteiger partial charge in [-0.15, -0.1) is 22.7 Å². The molecule has 2 nitrogen and oxygen atoms in total. The summed E-state index contributed by atoms with van der Waals surface area (Å²) in [5, 5.41) is 4.33. The van der Waals surface area contributed by atoms with E-state index in [0.29, 0.717) is 0 Å². The minimum Gasteiger partial charge on any atom is -0.276 e. The van der Waals surface area contributed by atoms with Crippen LogP contribution in [0.2, 0.25) is 0 Å². The van der Waals surface area contributed by atoms with E-state index in [1.165, 1.54) is 45.9 Å². The van der Waals surface area contributed by atoms with Crippen LogP contribution in [0.5, 0.6) is 0 Å². The number of nitrogens with zero attached hydrogens (tertiary/aromatic N) is 1. The monoisotopic (exact) mass is 519 g/mol. The van der Waals surface area contributed by atoms with Gasteiger partial charge in [0.15, 0.2) is 0 Å². The van der Waals surface area contributed by atoms with Crippen molar-refractivity contribution in [2.45, 2.75) is 39.0 Å². The molecule has 0 saturated carbocycles. The van der Waals surface area contributed by atoms with Crippen LogP contribution in [0.25, 0.3) is 42.0 Å². The van der Waals surface area contributed by atoms with Crippen molar-refractivity contribution in [2.24, 2.45) is 0 Å². The summed E-state index contributed by atoms with van der Waals surface area (Å²) < 4.78 is 1.90. The second-order valence-corrected chi connectivity index (χ2v) is 11.6. The molecule has 4 heteroatoms. The minimum atomic E-state index is 0.0198. The van der Waals surface area contributed by atoms with Crippen molar-refractivity contribution >= 4 is 50.4 Å². The van der Waals surface area contributed by atoms with Crippen molar-refractivity contribution in [3.8, 4) is 20.2 Å². The quantitative estimate of drug-likeness (QED) is 0.183. The summed E-state index contributed by atoms with van der Waals surface area (Å²) in [6.45, 7) is 2.24. The van der Waals surface area contributed by atoms with Gasteiger partial charge in [0, 0.05) is 31.0 Å². The largest absolute Gasteiger partial charge is 0.276 e. The van der Waals surface area contributed by atoms with E-state index in [2.05, 4.69) is 79.0 Å². The Bertz CT molecular complexity index is 1670. The normalized spacial score (nSPS) is 11.5. The first-order chi connectivity index (χ1) is 18.2. The van der Waals surface area contributed by atoms with E-state index in [-0.39, 0.29) is 5.91 Å². The second kappa shape index (κ2) is 10.5. The molecule has 0 unspecified atom stereocenters. The van der Waals surface area contributed by atoms with Gasteiger partial charge in [-0.2, -0.15) is 0 Å². The van der Waals surface area contributed by atoms with Crippen LogP contribution < -0.4 is 0 Å². The van der Waals surface area contributed by atoms with Crippen LogP contribution in [0.1, 0.15) is 48.5 Å². The Balaban J connectivity index is 1.38. The van der Waals surface area contributed by atoms with E-state index in [1.807, 2.05) is 28.8 Å². The Labute approximate surface area is 225 Å². The fourth-order valence-corrected chi connectivity index (χ4v) is 6.92. The second-order valence-electron chi connectivity index (χ2n) is 9.54. The Morgan fingerprint density at radius 1 is 0.730 bits per heavy atom. The third kappa shape index (κ3) is 4.68. The molecule has 0 fully saturated rings. The summed E-state index contributed by atoms with van der Waals surface area (Å²) in [4.78, 5) is 17.7. The minimum absolute atomic E-state index is 0.0198. The molecule has 0 aliphatic rings. The first-order valence-electron chi connectivity index (χ1n) is 13.0. The molecule has 6 rings (SSSR count). The van der Waals surface area contributed by atoms with E-state index in [0.717, 1.165) is 39.4 Å². The molecule has 37 heavy (non-hydrogen) atoms. The fourth-order valence-electron chi connectivity index (χ4n) is 5.09. The molecule has 0 radical (unpaired) electrons. The number of para-hydroxylation sites is 1. The van der Waals surface area contributed by atoms with Crippen molar-refractivity contribution < 1.29 is 4.79 Å². The standard InChI is InChI=1S/C33H29NOS2/c1-2-3-4-5-9-23-13-15-24(16-14-23)33(35)34-28-11-7-6-10-26(28)27-18-17-25(22-29(27)34)30-19-20-32(37-30)31-12-8-21-36-31/h6-8,10-22H,2-5,9H2,1H3. The number of rotatable bonds is 8. The average Bonchev–Trinajstić information content (AvgIpc) is 3.70. The highest BCUT2D eigenvalue weighted by Crippen LogP contribution is 2.39. The molecule has 0 bridgehead atoms. The van der Waals surface area contributed by atoms with Crippen LogP contribution in [0, 0.1) is 0 Å². The van der Waals surface area contributed by atoms with E-state index in [1.54, 1.807) is 22.7 Å². The summed E-state index contributed by atoms with van der Waals surface area (Å²) in [7, 11) is 0. The smallest absolute Gasteiger partial charge is 0.262 e. The summed E-state index contributed by atoms with van der Waals surface area (Å²) in [5.41, 5.74) is 5.07. The van der Waals surface area contributed by atoms with E-state index in [4.69, 9.17) is 0 Å². The molecule has 0 aliphatic carbocycles. The molecule has 3 aromatic carbocycles. The molecule has 0 N–H and O–H groups in total. The Morgan fingerprint density at radius 2 is 1.54 bits per heavy atom. The number of carbonyl (C=O) groups excluding carboxylic acids is 1. The Kier molecular flexibility index (Phi) is 6.77. The molecule has 3 aromatic heterocycles. The summed E-state index contributed by atoms with van der Waals surface area (Å²) in [6.07, 6.45) is 6.07. The summed E-state index contributed by atoms with van der Waals surface area (Å²) >= 11 is 3.56. The predicted molar refractivity (Wildman–Crippen MR) is 160 cm³/mol. The van der Waals surface area contributed by atoms with Gasteiger partial charge in [0.25, 0.3) is 5.91 Å². The van der Waals surface area contributed by atoms with Crippen LogP contribution in [-0.4, -0.2) is 10.5 Å². The van der Waals surface area contributed by atoms with Crippen molar-refractivity contribution in [3.63, 3.8) is 0 Å². The van der Waals surface area contributed by atoms with E-state index in [9.17, 15) is 4.79 Å². The molecule has 6 aromatic rings. The first kappa shape index (κ1) is 23.9. The topological polar surface area (TPSA) is 22.0 Å². The van der Waals surface area contributed by atoms with Crippen LogP contribution in [0.15, 0.2) is 96.4 Å². The van der Waals surface area contributed by atoms with Crippen molar-refractivity contribution in [1.29, 1.82) is 0 Å². The Morgan fingerprint density at radius 3 is 2.35 bits per heavy atom. The molecule has 0 aliphatic heterocycles. The third-order valence-electron chi connectivity index (χ3n) is 7.05. The van der Waals surface area contributed by atoms with Crippen LogP contribution in [0.4, 0.5) is 0 Å². The van der Waals surface area contributed by atoms with Crippen molar-refractivity contribution in [3.05, 3.63) is 108 Å². The SMILES string of the molecule is CCCCCCc1ccc(C(=O)n2c3ccccc3c3ccc(-c4ccc(-c5cccs5)s4)cc32)cc1. The Hall–Kier alpha value is -3.47. The van der Waals surface area contributed by atoms with Gasteiger partial charge in [-0.05, 0) is 71.8 Å². The van der Waals surface area contributed by atoms with Gasteiger partial charge in [-0.25, -0.2) is 0 Å². The summed E-state index contributed by atoms with van der Waals surface area (Å²) in [6, 6.07) is 31.6. The van der Waals surface area contributed by atoms with Gasteiger partial charge in [0.1, 0.15) is 0 Å². The van der Waals surface area contributed by atoms with Crippen LogP contribution in [-0.2, 0) is 6.42 Å². The number of unbranched alkanes of at least 4 members (excludes halogenated alkanes) is 3. The first-order valence-corrected chi connectivity index (χ1v) is 14.7. The number of thiophene rings is 2. The highest BCUT2D eigenvalue weighted by molar-refractivity contribution is 7.23. The molecule has 0 atom stereocenters.